The van der Waals surface area contributed by atoms with Crippen molar-refractivity contribution in [2.75, 3.05) is 11.9 Å². The van der Waals surface area contributed by atoms with E-state index in [2.05, 4.69) is 80.0 Å². The Morgan fingerprint density at radius 2 is 1.52 bits per heavy atom. The highest BCUT2D eigenvalue weighted by Crippen LogP contribution is 2.43. The van der Waals surface area contributed by atoms with Crippen molar-refractivity contribution >= 4 is 28.2 Å². The van der Waals surface area contributed by atoms with Crippen LogP contribution in [0.1, 0.15) is 67.1 Å². The summed E-state index contributed by atoms with van der Waals surface area (Å²) in [4.78, 5) is 11.6. The molecule has 1 aromatic rings. The first-order valence-corrected chi connectivity index (χ1v) is 17.0. The Bertz CT molecular complexity index is 764. The molecule has 1 aromatic carbocycles. The molecule has 0 radical (unpaired) electrons. The van der Waals surface area contributed by atoms with E-state index in [1.807, 2.05) is 6.07 Å². The molecule has 0 aliphatic carbocycles. The number of hydrogen-bond donors (Lipinski definition) is 2. The lowest BCUT2D eigenvalue weighted by molar-refractivity contribution is -0.114. The molecular weight excluding hydrogens is 422 g/mol. The Balaban J connectivity index is 3.33. The molecule has 178 valence electrons. The maximum atomic E-state index is 11.6. The second-order valence-corrected chi connectivity index (χ2v) is 21.4. The Morgan fingerprint density at radius 1 is 1.00 bits per heavy atom. The van der Waals surface area contributed by atoms with Crippen LogP contribution in [0.3, 0.4) is 0 Å². The van der Waals surface area contributed by atoms with Crippen molar-refractivity contribution in [3.8, 4) is 5.75 Å². The molecule has 0 heterocycles. The van der Waals surface area contributed by atoms with E-state index in [1.54, 1.807) is 12.1 Å². The van der Waals surface area contributed by atoms with Crippen LogP contribution in [0.15, 0.2) is 18.2 Å². The molecule has 1 rings (SSSR count). The molecule has 31 heavy (non-hydrogen) atoms. The SMILES string of the molecule is CC(=O)Nc1cc(O)cc([C@H](O[Si](C)(C)C(C)(C)C)[C@H](C)CO[Si](C)(C)C(C)(C)C)c1. The number of aromatic hydroxyl groups is 1. The van der Waals surface area contributed by atoms with Gasteiger partial charge >= 0.3 is 0 Å². The van der Waals surface area contributed by atoms with Gasteiger partial charge in [-0.2, -0.15) is 0 Å². The van der Waals surface area contributed by atoms with Crippen molar-refractivity contribution < 1.29 is 18.8 Å². The quantitative estimate of drug-likeness (QED) is 0.401. The molecule has 0 spiro atoms. The second-order valence-electron chi connectivity index (χ2n) is 11.8. The highest BCUT2D eigenvalue weighted by Gasteiger charge is 2.42. The number of anilines is 1. The maximum absolute atomic E-state index is 11.6. The van der Waals surface area contributed by atoms with Gasteiger partial charge in [0.1, 0.15) is 5.75 Å². The van der Waals surface area contributed by atoms with Gasteiger partial charge in [0.25, 0.3) is 0 Å². The molecule has 0 unspecified atom stereocenters. The van der Waals surface area contributed by atoms with Crippen LogP contribution < -0.4 is 5.32 Å². The van der Waals surface area contributed by atoms with Crippen LogP contribution >= 0.6 is 0 Å². The van der Waals surface area contributed by atoms with Gasteiger partial charge in [-0.25, -0.2) is 0 Å². The number of carbonyl (C=O) groups excluding carboxylic acids is 1. The van der Waals surface area contributed by atoms with Crippen molar-refractivity contribution in [2.24, 2.45) is 5.92 Å². The Kier molecular flexibility index (Phi) is 8.79. The largest absolute Gasteiger partial charge is 0.508 e. The van der Waals surface area contributed by atoms with E-state index in [-0.39, 0.29) is 33.8 Å². The number of phenols is 1. The normalized spacial score (nSPS) is 15.5. The molecule has 0 saturated heterocycles. The highest BCUT2D eigenvalue weighted by molar-refractivity contribution is 6.74. The minimum Gasteiger partial charge on any atom is -0.508 e. The fraction of sp³-hybridized carbons (Fsp3) is 0.708. The van der Waals surface area contributed by atoms with Gasteiger partial charge in [-0.05, 0) is 54.0 Å². The van der Waals surface area contributed by atoms with Gasteiger partial charge in [0, 0.05) is 31.2 Å². The zero-order valence-electron chi connectivity index (χ0n) is 21.8. The molecule has 0 aliphatic heterocycles. The molecule has 0 fully saturated rings. The summed E-state index contributed by atoms with van der Waals surface area (Å²) in [5.41, 5.74) is 1.43. The standard InChI is InChI=1S/C24H45NO4Si2/c1-17(16-28-30(9,10)23(3,4)5)22(29-31(11,12)24(6,7)8)19-13-20(25-18(2)26)15-21(27)14-19/h13-15,17,22,27H,16H2,1-12H3,(H,25,26)/t17-,22-/m1/s1. The second kappa shape index (κ2) is 9.77. The summed E-state index contributed by atoms with van der Waals surface area (Å²) in [6, 6.07) is 5.21. The first-order valence-electron chi connectivity index (χ1n) is 11.2. The van der Waals surface area contributed by atoms with Crippen molar-refractivity contribution in [3.63, 3.8) is 0 Å². The number of hydrogen-bond acceptors (Lipinski definition) is 4. The summed E-state index contributed by atoms with van der Waals surface area (Å²) >= 11 is 0. The highest BCUT2D eigenvalue weighted by atomic mass is 28.4. The Labute approximate surface area is 192 Å². The summed E-state index contributed by atoms with van der Waals surface area (Å²) in [7, 11) is -4.01. The third-order valence-electron chi connectivity index (χ3n) is 6.85. The fourth-order valence-electron chi connectivity index (χ4n) is 2.72. The van der Waals surface area contributed by atoms with Crippen molar-refractivity contribution in [1.82, 2.24) is 0 Å². The zero-order valence-corrected chi connectivity index (χ0v) is 23.8. The van der Waals surface area contributed by atoms with E-state index in [1.165, 1.54) is 6.92 Å². The van der Waals surface area contributed by atoms with Crippen LogP contribution in [0, 0.1) is 5.92 Å². The smallest absolute Gasteiger partial charge is 0.221 e. The number of rotatable bonds is 8. The van der Waals surface area contributed by atoms with Crippen LogP contribution in [0.25, 0.3) is 0 Å². The minimum atomic E-state index is -2.11. The van der Waals surface area contributed by atoms with Gasteiger partial charge in [-0.1, -0.05) is 48.5 Å². The average Bonchev–Trinajstić information content (AvgIpc) is 2.54. The molecule has 0 saturated carbocycles. The molecule has 0 bridgehead atoms. The average molecular weight is 468 g/mol. The van der Waals surface area contributed by atoms with Crippen LogP contribution in [-0.2, 0) is 13.6 Å². The Morgan fingerprint density at radius 3 is 1.97 bits per heavy atom. The number of phenolic OH excluding ortho intramolecular Hbond substituents is 1. The van der Waals surface area contributed by atoms with E-state index in [0.717, 1.165) is 5.56 Å². The zero-order chi connectivity index (χ0) is 24.4. The predicted octanol–water partition coefficient (Wildman–Crippen LogP) is 7.07. The third-order valence-corrected chi connectivity index (χ3v) is 15.8. The molecule has 1 amide bonds. The molecule has 2 N–H and O–H groups in total. The van der Waals surface area contributed by atoms with E-state index >= 15 is 0 Å². The van der Waals surface area contributed by atoms with Crippen LogP contribution in [-0.4, -0.2) is 34.3 Å². The minimum absolute atomic E-state index is 0.0442. The van der Waals surface area contributed by atoms with Crippen molar-refractivity contribution in [3.05, 3.63) is 23.8 Å². The Hall–Kier alpha value is -1.16. The number of amides is 1. The summed E-state index contributed by atoms with van der Waals surface area (Å²) in [5, 5.41) is 13.3. The number of benzene rings is 1. The molecular formula is C24H45NO4Si2. The third kappa shape index (κ3) is 7.73. The van der Waals surface area contributed by atoms with E-state index in [9.17, 15) is 9.90 Å². The number of nitrogens with one attached hydrogen (secondary N) is 1. The van der Waals surface area contributed by atoms with Crippen LogP contribution in [0.5, 0.6) is 5.75 Å². The predicted molar refractivity (Wildman–Crippen MR) is 136 cm³/mol. The topological polar surface area (TPSA) is 67.8 Å². The molecule has 7 heteroatoms. The van der Waals surface area contributed by atoms with Crippen molar-refractivity contribution in [1.29, 1.82) is 0 Å². The van der Waals surface area contributed by atoms with E-state index in [0.29, 0.717) is 12.3 Å². The van der Waals surface area contributed by atoms with Gasteiger partial charge in [0.15, 0.2) is 16.6 Å². The van der Waals surface area contributed by atoms with Crippen LogP contribution in [0.4, 0.5) is 5.69 Å². The summed E-state index contributed by atoms with van der Waals surface area (Å²) in [5.74, 6) is 0.0190. The fourth-order valence-corrected chi connectivity index (χ4v) is 5.19. The first-order chi connectivity index (χ1) is 13.8. The van der Waals surface area contributed by atoms with Crippen molar-refractivity contribution in [2.45, 2.75) is 97.8 Å². The number of carbonyl (C=O) groups is 1. The van der Waals surface area contributed by atoms with Gasteiger partial charge < -0.3 is 19.3 Å². The van der Waals surface area contributed by atoms with Gasteiger partial charge in [0.05, 0.1) is 6.10 Å². The van der Waals surface area contributed by atoms with Gasteiger partial charge in [0.2, 0.25) is 5.91 Å². The van der Waals surface area contributed by atoms with E-state index in [4.69, 9.17) is 8.85 Å². The lowest BCUT2D eigenvalue weighted by atomic mass is 9.97. The summed E-state index contributed by atoms with van der Waals surface area (Å²) in [6.07, 6.45) is -0.245. The van der Waals surface area contributed by atoms with Gasteiger partial charge in [-0.3, -0.25) is 4.79 Å². The lowest BCUT2D eigenvalue weighted by Crippen LogP contribution is -2.45. The molecule has 2 atom stereocenters. The summed E-state index contributed by atoms with van der Waals surface area (Å²) < 4.78 is 13.4. The lowest BCUT2D eigenvalue weighted by Gasteiger charge is -2.42. The maximum Gasteiger partial charge on any atom is 0.221 e. The first kappa shape index (κ1) is 27.9. The van der Waals surface area contributed by atoms with E-state index < -0.39 is 16.6 Å². The van der Waals surface area contributed by atoms with Crippen LogP contribution in [0.2, 0.25) is 36.3 Å². The molecule has 0 aliphatic rings. The monoisotopic (exact) mass is 467 g/mol. The molecule has 5 nitrogen and oxygen atoms in total. The summed E-state index contributed by atoms with van der Waals surface area (Å²) in [6.45, 7) is 26.6. The van der Waals surface area contributed by atoms with Gasteiger partial charge in [-0.15, -0.1) is 0 Å². The molecule has 0 aromatic heterocycles.